The van der Waals surface area contributed by atoms with E-state index >= 15 is 0 Å². The van der Waals surface area contributed by atoms with E-state index in [1.54, 1.807) is 43.0 Å². The second-order valence-corrected chi connectivity index (χ2v) is 7.03. The van der Waals surface area contributed by atoms with Gasteiger partial charge in [0.2, 0.25) is 0 Å². The highest BCUT2D eigenvalue weighted by Gasteiger charge is 2.12. The van der Waals surface area contributed by atoms with Gasteiger partial charge in [0.15, 0.2) is 5.96 Å². The van der Waals surface area contributed by atoms with Crippen LogP contribution in [0.4, 0.5) is 0 Å². The van der Waals surface area contributed by atoms with Crippen molar-refractivity contribution in [2.24, 2.45) is 4.99 Å². The van der Waals surface area contributed by atoms with Crippen molar-refractivity contribution in [3.63, 3.8) is 0 Å². The highest BCUT2D eigenvalue weighted by Crippen LogP contribution is 2.20. The molecule has 0 saturated carbocycles. The average molecular weight is 532 g/mol. The second-order valence-electron chi connectivity index (χ2n) is 6.14. The molecule has 2 N–H and O–H groups in total. The molecule has 0 aliphatic rings. The number of pyridine rings is 1. The summed E-state index contributed by atoms with van der Waals surface area (Å²) in [5.41, 5.74) is 1.52. The molecule has 0 fully saturated rings. The number of halogens is 1. The molecule has 2 heterocycles. The lowest BCUT2D eigenvalue weighted by Gasteiger charge is -2.21. The molecule has 0 aliphatic heterocycles. The summed E-state index contributed by atoms with van der Waals surface area (Å²) in [6, 6.07) is 3.47. The lowest BCUT2D eigenvalue weighted by atomic mass is 10.3. The predicted octanol–water partition coefficient (Wildman–Crippen LogP) is 2.69. The number of nitrogens with one attached hydrogen (secondary N) is 2. The molecule has 0 bridgehead atoms. The summed E-state index contributed by atoms with van der Waals surface area (Å²) in [6.45, 7) is 6.33. The lowest BCUT2D eigenvalue weighted by Crippen LogP contribution is -2.39. The molecule has 10 heteroatoms. The third-order valence-electron chi connectivity index (χ3n) is 3.95. The van der Waals surface area contributed by atoms with E-state index in [1.165, 1.54) is 0 Å². The number of carbonyl (C=O) groups is 1. The molecule has 0 radical (unpaired) electrons. The van der Waals surface area contributed by atoms with E-state index < -0.39 is 0 Å². The molecule has 29 heavy (non-hydrogen) atoms. The molecular formula is C19H29IN6O2S. The number of amides is 1. The van der Waals surface area contributed by atoms with Gasteiger partial charge in [-0.2, -0.15) is 0 Å². The van der Waals surface area contributed by atoms with Crippen molar-refractivity contribution in [3.8, 4) is 0 Å². The fourth-order valence-corrected chi connectivity index (χ4v) is 3.24. The summed E-state index contributed by atoms with van der Waals surface area (Å²) in [5, 5.41) is 9.12. The van der Waals surface area contributed by atoms with Crippen LogP contribution in [-0.4, -0.2) is 60.5 Å². The Kier molecular flexibility index (Phi) is 11.7. The topological polar surface area (TPSA) is 91.7 Å². The van der Waals surface area contributed by atoms with Gasteiger partial charge in [0.05, 0.1) is 24.3 Å². The Hall–Kier alpha value is -1.79. The Morgan fingerprint density at radius 1 is 1.41 bits per heavy atom. The van der Waals surface area contributed by atoms with E-state index in [9.17, 15) is 4.79 Å². The molecule has 0 saturated heterocycles. The molecule has 1 amide bonds. The van der Waals surface area contributed by atoms with Crippen LogP contribution in [0.15, 0.2) is 34.9 Å². The van der Waals surface area contributed by atoms with Crippen LogP contribution in [0.2, 0.25) is 0 Å². The standard InChI is InChI=1S/C19H28N6O2S.HI/c1-5-21-19(23-10-9-22-17(26)15-7-6-8-20-11-15)25(3)12-16-13-28-18(24-16)14(2)27-4;/h6-8,11,13-14H,5,9-10,12H2,1-4H3,(H,21,23)(H,22,26);1H. The SMILES string of the molecule is CCNC(=NCCNC(=O)c1cccnc1)N(C)Cc1csc(C(C)OC)n1.I. The summed E-state index contributed by atoms with van der Waals surface area (Å²) in [6.07, 6.45) is 3.18. The average Bonchev–Trinajstić information content (AvgIpc) is 3.18. The largest absolute Gasteiger partial charge is 0.375 e. The summed E-state index contributed by atoms with van der Waals surface area (Å²) >= 11 is 1.60. The Morgan fingerprint density at radius 2 is 2.21 bits per heavy atom. The molecule has 2 aromatic rings. The zero-order chi connectivity index (χ0) is 20.4. The maximum atomic E-state index is 12.0. The van der Waals surface area contributed by atoms with Gasteiger partial charge in [-0.3, -0.25) is 14.8 Å². The number of aromatic nitrogens is 2. The van der Waals surface area contributed by atoms with Crippen LogP contribution in [0.5, 0.6) is 0 Å². The summed E-state index contributed by atoms with van der Waals surface area (Å²) in [5.74, 6) is 0.622. The number of methoxy groups -OCH3 is 1. The zero-order valence-electron chi connectivity index (χ0n) is 17.2. The highest BCUT2D eigenvalue weighted by atomic mass is 127. The number of ether oxygens (including phenoxy) is 1. The van der Waals surface area contributed by atoms with E-state index in [4.69, 9.17) is 4.74 Å². The van der Waals surface area contributed by atoms with Gasteiger partial charge in [-0.15, -0.1) is 35.3 Å². The molecule has 160 valence electrons. The number of carbonyl (C=O) groups excluding carboxylic acids is 1. The van der Waals surface area contributed by atoms with Crippen LogP contribution in [0.1, 0.15) is 41.0 Å². The fraction of sp³-hybridized carbons (Fsp3) is 0.474. The smallest absolute Gasteiger partial charge is 0.252 e. The third kappa shape index (κ3) is 8.23. The Morgan fingerprint density at radius 3 is 2.86 bits per heavy atom. The number of aliphatic imine (C=N–C) groups is 1. The Balaban J connectivity index is 0.00000420. The van der Waals surface area contributed by atoms with Crippen LogP contribution < -0.4 is 10.6 Å². The van der Waals surface area contributed by atoms with E-state index in [0.717, 1.165) is 23.2 Å². The van der Waals surface area contributed by atoms with Crippen LogP contribution in [0.3, 0.4) is 0 Å². The maximum absolute atomic E-state index is 12.0. The number of rotatable bonds is 9. The summed E-state index contributed by atoms with van der Waals surface area (Å²) in [4.78, 5) is 27.2. The first-order valence-electron chi connectivity index (χ1n) is 9.19. The van der Waals surface area contributed by atoms with Crippen molar-refractivity contribution >= 4 is 47.2 Å². The van der Waals surface area contributed by atoms with Crippen molar-refractivity contribution in [3.05, 3.63) is 46.2 Å². The van der Waals surface area contributed by atoms with Gasteiger partial charge in [-0.25, -0.2) is 4.98 Å². The van der Waals surface area contributed by atoms with Gasteiger partial charge in [-0.05, 0) is 26.0 Å². The van der Waals surface area contributed by atoms with Gasteiger partial charge in [0, 0.05) is 45.0 Å². The molecule has 0 spiro atoms. The van der Waals surface area contributed by atoms with Crippen molar-refractivity contribution in [1.82, 2.24) is 25.5 Å². The number of guanidine groups is 1. The third-order valence-corrected chi connectivity index (χ3v) is 5.00. The minimum absolute atomic E-state index is 0. The minimum atomic E-state index is -0.149. The number of hydrogen-bond donors (Lipinski definition) is 2. The molecule has 2 rings (SSSR count). The number of thiazole rings is 1. The van der Waals surface area contributed by atoms with Crippen LogP contribution in [0.25, 0.3) is 0 Å². The van der Waals surface area contributed by atoms with Gasteiger partial charge in [-0.1, -0.05) is 0 Å². The van der Waals surface area contributed by atoms with E-state index in [0.29, 0.717) is 25.2 Å². The zero-order valence-corrected chi connectivity index (χ0v) is 20.4. The first kappa shape index (κ1) is 25.2. The van der Waals surface area contributed by atoms with Gasteiger partial charge < -0.3 is 20.3 Å². The van der Waals surface area contributed by atoms with Crippen LogP contribution in [-0.2, 0) is 11.3 Å². The number of nitrogens with zero attached hydrogens (tertiary/aromatic N) is 4. The van der Waals surface area contributed by atoms with E-state index in [2.05, 4.69) is 25.6 Å². The van der Waals surface area contributed by atoms with Gasteiger partial charge in [0.1, 0.15) is 11.1 Å². The van der Waals surface area contributed by atoms with Crippen molar-refractivity contribution in [2.45, 2.75) is 26.5 Å². The molecule has 1 atom stereocenters. The maximum Gasteiger partial charge on any atom is 0.252 e. The fourth-order valence-electron chi connectivity index (χ4n) is 2.40. The second kappa shape index (κ2) is 13.4. The minimum Gasteiger partial charge on any atom is -0.375 e. The van der Waals surface area contributed by atoms with E-state index in [-0.39, 0.29) is 36.0 Å². The van der Waals surface area contributed by atoms with Crippen molar-refractivity contribution < 1.29 is 9.53 Å². The van der Waals surface area contributed by atoms with E-state index in [1.807, 2.05) is 31.2 Å². The van der Waals surface area contributed by atoms with Crippen molar-refractivity contribution in [2.75, 3.05) is 33.8 Å². The molecular weight excluding hydrogens is 503 g/mol. The van der Waals surface area contributed by atoms with Crippen LogP contribution in [0, 0.1) is 0 Å². The quantitative estimate of drug-likeness (QED) is 0.224. The van der Waals surface area contributed by atoms with Crippen molar-refractivity contribution in [1.29, 1.82) is 0 Å². The first-order chi connectivity index (χ1) is 13.5. The predicted molar refractivity (Wildman–Crippen MR) is 127 cm³/mol. The lowest BCUT2D eigenvalue weighted by molar-refractivity contribution is 0.0954. The molecule has 0 aliphatic carbocycles. The Bertz CT molecular complexity index is 771. The molecule has 0 aromatic carbocycles. The monoisotopic (exact) mass is 532 g/mol. The van der Waals surface area contributed by atoms with Crippen LogP contribution >= 0.6 is 35.3 Å². The molecule has 2 aromatic heterocycles. The summed E-state index contributed by atoms with van der Waals surface area (Å²) < 4.78 is 5.32. The molecule has 8 nitrogen and oxygen atoms in total. The summed E-state index contributed by atoms with van der Waals surface area (Å²) in [7, 11) is 3.65. The van der Waals surface area contributed by atoms with Gasteiger partial charge >= 0.3 is 0 Å². The Labute approximate surface area is 193 Å². The van der Waals surface area contributed by atoms with Gasteiger partial charge in [0.25, 0.3) is 5.91 Å². The number of hydrogen-bond acceptors (Lipinski definition) is 6. The highest BCUT2D eigenvalue weighted by molar-refractivity contribution is 14.0. The molecule has 1 unspecified atom stereocenters. The normalized spacial score (nSPS) is 12.1. The first-order valence-corrected chi connectivity index (χ1v) is 10.1.